The topological polar surface area (TPSA) is 110 Å². The van der Waals surface area contributed by atoms with Crippen LogP contribution in [0.4, 0.5) is 11.5 Å². The van der Waals surface area contributed by atoms with Crippen LogP contribution >= 0.6 is 0 Å². The van der Waals surface area contributed by atoms with Crippen LogP contribution in [0.1, 0.15) is 13.8 Å². The van der Waals surface area contributed by atoms with E-state index in [9.17, 15) is 14.9 Å². The molecule has 1 aromatic heterocycles. The summed E-state index contributed by atoms with van der Waals surface area (Å²) in [6.45, 7) is 3.67. The van der Waals surface area contributed by atoms with Crippen LogP contribution in [0, 0.1) is 22.0 Å². The van der Waals surface area contributed by atoms with E-state index in [1.807, 2.05) is 0 Å². The minimum atomic E-state index is -0.934. The van der Waals surface area contributed by atoms with Crippen molar-refractivity contribution >= 4 is 17.5 Å². The van der Waals surface area contributed by atoms with Gasteiger partial charge in [0.15, 0.2) is 0 Å². The van der Waals surface area contributed by atoms with Gasteiger partial charge in [-0.25, -0.2) is 0 Å². The number of rotatable bonds is 6. The van der Waals surface area contributed by atoms with Gasteiger partial charge < -0.3 is 10.4 Å². The first-order valence-corrected chi connectivity index (χ1v) is 5.47. The lowest BCUT2D eigenvalue weighted by molar-refractivity contribution is -0.384. The van der Waals surface area contributed by atoms with Gasteiger partial charge in [0.25, 0.3) is 0 Å². The summed E-state index contributed by atoms with van der Waals surface area (Å²) < 4.78 is 1.31. The number of nitro groups is 1. The molecule has 18 heavy (non-hydrogen) atoms. The third-order valence-corrected chi connectivity index (χ3v) is 2.62. The zero-order valence-electron chi connectivity index (χ0n) is 10.5. The van der Waals surface area contributed by atoms with Crippen LogP contribution in [-0.4, -0.2) is 32.3 Å². The molecule has 0 aliphatic heterocycles. The van der Waals surface area contributed by atoms with E-state index < -0.39 is 16.8 Å². The Morgan fingerprint density at radius 1 is 1.67 bits per heavy atom. The largest absolute Gasteiger partial charge is 0.481 e. The fraction of sp³-hybridized carbons (Fsp3) is 0.600. The fourth-order valence-electron chi connectivity index (χ4n) is 1.55. The Morgan fingerprint density at radius 2 is 2.28 bits per heavy atom. The van der Waals surface area contributed by atoms with Gasteiger partial charge in [-0.3, -0.25) is 19.6 Å². The monoisotopic (exact) mass is 256 g/mol. The molecule has 1 aromatic rings. The molecule has 0 spiro atoms. The molecule has 8 nitrogen and oxygen atoms in total. The second-order valence-corrected chi connectivity index (χ2v) is 4.36. The van der Waals surface area contributed by atoms with Crippen molar-refractivity contribution in [3.8, 4) is 0 Å². The zero-order valence-corrected chi connectivity index (χ0v) is 10.5. The van der Waals surface area contributed by atoms with Gasteiger partial charge in [-0.15, -0.1) is 5.10 Å². The molecular formula is C10H16N4O4. The lowest BCUT2D eigenvalue weighted by Crippen LogP contribution is -2.27. The first kappa shape index (κ1) is 13.9. The maximum absolute atomic E-state index is 11.0. The first-order chi connectivity index (χ1) is 8.32. The van der Waals surface area contributed by atoms with Crippen molar-refractivity contribution in [1.82, 2.24) is 9.78 Å². The van der Waals surface area contributed by atoms with E-state index in [-0.39, 0.29) is 24.0 Å². The Balaban J connectivity index is 2.79. The van der Waals surface area contributed by atoms with Gasteiger partial charge in [-0.1, -0.05) is 13.8 Å². The highest BCUT2D eigenvalue weighted by atomic mass is 16.6. The minimum absolute atomic E-state index is 0.0715. The Bertz CT molecular complexity index is 455. The Hall–Kier alpha value is -2.12. The van der Waals surface area contributed by atoms with E-state index in [2.05, 4.69) is 10.4 Å². The average molecular weight is 256 g/mol. The van der Waals surface area contributed by atoms with E-state index in [1.54, 1.807) is 20.9 Å². The number of carboxylic acids is 1. The molecular weight excluding hydrogens is 240 g/mol. The molecule has 1 unspecified atom stereocenters. The molecule has 0 aliphatic rings. The summed E-state index contributed by atoms with van der Waals surface area (Å²) in [5.41, 5.74) is -0.162. The number of hydrogen-bond donors (Lipinski definition) is 2. The van der Waals surface area contributed by atoms with Crippen molar-refractivity contribution in [3.05, 3.63) is 16.3 Å². The van der Waals surface area contributed by atoms with E-state index in [0.29, 0.717) is 0 Å². The highest BCUT2D eigenvalue weighted by molar-refractivity contribution is 5.71. The average Bonchev–Trinajstić information content (AvgIpc) is 2.59. The first-order valence-electron chi connectivity index (χ1n) is 5.47. The number of aryl methyl sites for hydroxylation is 1. The van der Waals surface area contributed by atoms with Crippen molar-refractivity contribution in [2.24, 2.45) is 18.9 Å². The van der Waals surface area contributed by atoms with Crippen molar-refractivity contribution < 1.29 is 14.8 Å². The number of nitrogens with zero attached hydrogens (tertiary/aromatic N) is 3. The predicted molar refractivity (Wildman–Crippen MR) is 64.3 cm³/mol. The number of hydrogen-bond acceptors (Lipinski definition) is 5. The normalized spacial score (nSPS) is 12.4. The molecule has 2 N–H and O–H groups in total. The summed E-state index contributed by atoms with van der Waals surface area (Å²) in [5, 5.41) is 26.4. The maximum Gasteiger partial charge on any atom is 0.330 e. The molecule has 100 valence electrons. The molecule has 8 heteroatoms. The third-order valence-electron chi connectivity index (χ3n) is 2.62. The van der Waals surface area contributed by atoms with Crippen LogP contribution in [0.2, 0.25) is 0 Å². The standard InChI is InChI=1S/C10H16N4O4/c1-6(2)7(10(15)16)4-11-9-8(14(17)18)5-13(3)12-9/h5-7H,4H2,1-3H3,(H,11,12)(H,15,16). The maximum atomic E-state index is 11.0. The molecule has 0 saturated carbocycles. The number of carboxylic acid groups (broad SMARTS) is 1. The molecule has 0 aliphatic carbocycles. The van der Waals surface area contributed by atoms with Crippen molar-refractivity contribution in [3.63, 3.8) is 0 Å². The van der Waals surface area contributed by atoms with Gasteiger partial charge in [0.2, 0.25) is 5.82 Å². The molecule has 1 rings (SSSR count). The quantitative estimate of drug-likeness (QED) is 0.582. The Labute approximate surface area is 104 Å². The third kappa shape index (κ3) is 3.19. The summed E-state index contributed by atoms with van der Waals surface area (Å²) in [7, 11) is 1.56. The van der Waals surface area contributed by atoms with Gasteiger partial charge in [-0.05, 0) is 5.92 Å². The van der Waals surface area contributed by atoms with Gasteiger partial charge >= 0.3 is 11.7 Å². The SMILES string of the molecule is CC(C)C(CNc1nn(C)cc1[N+](=O)[O-])C(=O)O. The molecule has 0 fully saturated rings. The number of nitrogens with one attached hydrogen (secondary N) is 1. The second kappa shape index (κ2) is 5.48. The molecule has 0 aromatic carbocycles. The zero-order chi connectivity index (χ0) is 13.9. The number of aliphatic carboxylic acids is 1. The summed E-state index contributed by atoms with van der Waals surface area (Å²) in [6, 6.07) is 0. The van der Waals surface area contributed by atoms with Crippen LogP contribution < -0.4 is 5.32 Å². The summed E-state index contributed by atoms with van der Waals surface area (Å²) >= 11 is 0. The van der Waals surface area contributed by atoms with E-state index in [4.69, 9.17) is 5.11 Å². The molecule has 0 amide bonds. The second-order valence-electron chi connectivity index (χ2n) is 4.36. The molecule has 0 bridgehead atoms. The Kier molecular flexibility index (Phi) is 4.24. The highest BCUT2D eigenvalue weighted by Crippen LogP contribution is 2.22. The van der Waals surface area contributed by atoms with E-state index in [1.165, 1.54) is 10.9 Å². The molecule has 1 atom stereocenters. The number of anilines is 1. The lowest BCUT2D eigenvalue weighted by atomic mass is 9.96. The minimum Gasteiger partial charge on any atom is -0.481 e. The highest BCUT2D eigenvalue weighted by Gasteiger charge is 2.24. The van der Waals surface area contributed by atoms with Crippen LogP contribution in [0.15, 0.2) is 6.20 Å². The smallest absolute Gasteiger partial charge is 0.330 e. The molecule has 0 radical (unpaired) electrons. The van der Waals surface area contributed by atoms with Crippen LogP contribution in [-0.2, 0) is 11.8 Å². The number of carbonyl (C=O) groups is 1. The van der Waals surface area contributed by atoms with Crippen molar-refractivity contribution in [2.45, 2.75) is 13.8 Å². The van der Waals surface area contributed by atoms with Gasteiger partial charge in [0.1, 0.15) is 6.20 Å². The van der Waals surface area contributed by atoms with Gasteiger partial charge in [0, 0.05) is 13.6 Å². The van der Waals surface area contributed by atoms with Gasteiger partial charge in [-0.2, -0.15) is 0 Å². The predicted octanol–water partition coefficient (Wildman–Crippen LogP) is 1.10. The number of aromatic nitrogens is 2. The fourth-order valence-corrected chi connectivity index (χ4v) is 1.55. The van der Waals surface area contributed by atoms with Crippen molar-refractivity contribution in [2.75, 3.05) is 11.9 Å². The van der Waals surface area contributed by atoms with Crippen LogP contribution in [0.25, 0.3) is 0 Å². The summed E-state index contributed by atoms with van der Waals surface area (Å²) in [6.07, 6.45) is 1.27. The van der Waals surface area contributed by atoms with Gasteiger partial charge in [0.05, 0.1) is 10.8 Å². The Morgan fingerprint density at radius 3 is 2.72 bits per heavy atom. The molecule has 1 heterocycles. The van der Waals surface area contributed by atoms with Crippen LogP contribution in [0.3, 0.4) is 0 Å². The molecule has 0 saturated heterocycles. The lowest BCUT2D eigenvalue weighted by Gasteiger charge is -2.16. The van der Waals surface area contributed by atoms with E-state index in [0.717, 1.165) is 0 Å². The van der Waals surface area contributed by atoms with E-state index >= 15 is 0 Å². The van der Waals surface area contributed by atoms with Crippen molar-refractivity contribution in [1.29, 1.82) is 0 Å². The summed E-state index contributed by atoms with van der Waals surface area (Å²) in [4.78, 5) is 21.2. The summed E-state index contributed by atoms with van der Waals surface area (Å²) in [5.74, 6) is -1.53. The van der Waals surface area contributed by atoms with Crippen LogP contribution in [0.5, 0.6) is 0 Å².